The van der Waals surface area contributed by atoms with E-state index in [1.807, 2.05) is 0 Å². The first kappa shape index (κ1) is 6.13. The Hall–Kier alpha value is -0.990. The molecule has 1 aliphatic rings. The van der Waals surface area contributed by atoms with Crippen LogP contribution in [0.1, 0.15) is 12.8 Å². The van der Waals surface area contributed by atoms with E-state index in [0.29, 0.717) is 12.8 Å². The molecule has 1 rings (SSSR count). The van der Waals surface area contributed by atoms with Crippen LogP contribution in [-0.2, 0) is 4.94 Å². The van der Waals surface area contributed by atoms with E-state index < -0.39 is 0 Å². The van der Waals surface area contributed by atoms with E-state index >= 15 is 0 Å². The van der Waals surface area contributed by atoms with Crippen LogP contribution >= 0.6 is 0 Å². The van der Waals surface area contributed by atoms with Crippen LogP contribution in [-0.4, -0.2) is 5.11 Å². The smallest absolute Gasteiger partial charge is 0.152 e. The second-order valence-corrected chi connectivity index (χ2v) is 1.86. The summed E-state index contributed by atoms with van der Waals surface area (Å²) in [4.78, 5) is 3.42. The summed E-state index contributed by atoms with van der Waals surface area (Å²) in [7, 11) is 0. The van der Waals surface area contributed by atoms with E-state index in [4.69, 9.17) is 5.11 Å². The molecule has 0 heterocycles. The fourth-order valence-corrected chi connectivity index (χ4v) is 0.719. The Morgan fingerprint density at radius 3 is 2.89 bits per heavy atom. The first-order chi connectivity index (χ1) is 4.33. The minimum Gasteiger partial charge on any atom is -0.508 e. The quantitative estimate of drug-likeness (QED) is 0.588. The maximum Gasteiger partial charge on any atom is 0.152 e. The van der Waals surface area contributed by atoms with Crippen LogP contribution < -0.4 is 0 Å². The zero-order valence-corrected chi connectivity index (χ0v) is 4.80. The maximum atomic E-state index is 11.3. The van der Waals surface area contributed by atoms with Crippen molar-refractivity contribution in [3.05, 3.63) is 23.7 Å². The largest absolute Gasteiger partial charge is 0.508 e. The molecule has 0 saturated carbocycles. The lowest BCUT2D eigenvalue weighted by atomic mass is 10.1. The number of aliphatic hydroxyl groups is 1. The average molecular weight is 130 g/mol. The Kier molecular flexibility index (Phi) is 1.72. The van der Waals surface area contributed by atoms with Crippen LogP contribution in [0.3, 0.4) is 0 Å². The Bertz CT molecular complexity index is 160. The zero-order chi connectivity index (χ0) is 6.69. The SMILES string of the molecule is OC1=CCCC(OF)=C1. The van der Waals surface area contributed by atoms with Gasteiger partial charge < -0.3 is 5.11 Å². The van der Waals surface area contributed by atoms with Gasteiger partial charge in [-0.05, 0) is 12.5 Å². The van der Waals surface area contributed by atoms with Crippen molar-refractivity contribution in [2.45, 2.75) is 12.8 Å². The molecule has 50 valence electrons. The van der Waals surface area contributed by atoms with Crippen LogP contribution in [0.15, 0.2) is 23.7 Å². The highest BCUT2D eigenvalue weighted by atomic mass is 19.3. The van der Waals surface area contributed by atoms with Gasteiger partial charge in [-0.1, -0.05) is 0 Å². The molecule has 0 aromatic rings. The number of hydrogen-bond donors (Lipinski definition) is 1. The molecular weight excluding hydrogens is 123 g/mol. The molecule has 0 aliphatic heterocycles. The van der Waals surface area contributed by atoms with E-state index in [0.717, 1.165) is 0 Å². The summed E-state index contributed by atoms with van der Waals surface area (Å²) in [6.45, 7) is 0. The molecular formula is C6H7FO2. The highest BCUT2D eigenvalue weighted by molar-refractivity contribution is 5.18. The average Bonchev–Trinajstić information content (AvgIpc) is 1.88. The molecule has 2 nitrogen and oxygen atoms in total. The van der Waals surface area contributed by atoms with Gasteiger partial charge in [0, 0.05) is 17.0 Å². The van der Waals surface area contributed by atoms with Gasteiger partial charge >= 0.3 is 0 Å². The van der Waals surface area contributed by atoms with Crippen molar-refractivity contribution in [1.82, 2.24) is 0 Å². The molecule has 1 N–H and O–H groups in total. The number of hydrogen-bond acceptors (Lipinski definition) is 2. The summed E-state index contributed by atoms with van der Waals surface area (Å²) < 4.78 is 11.3. The third-order valence-corrected chi connectivity index (χ3v) is 1.15. The van der Waals surface area contributed by atoms with Crippen molar-refractivity contribution >= 4 is 0 Å². The van der Waals surface area contributed by atoms with E-state index in [2.05, 4.69) is 4.94 Å². The van der Waals surface area contributed by atoms with Gasteiger partial charge in [-0.15, -0.1) is 0 Å². The van der Waals surface area contributed by atoms with E-state index in [1.165, 1.54) is 6.08 Å². The van der Waals surface area contributed by atoms with Gasteiger partial charge in [0.15, 0.2) is 5.76 Å². The van der Waals surface area contributed by atoms with E-state index in [-0.39, 0.29) is 11.5 Å². The number of halogens is 1. The molecule has 0 amide bonds. The van der Waals surface area contributed by atoms with Gasteiger partial charge in [-0.2, -0.15) is 0 Å². The summed E-state index contributed by atoms with van der Waals surface area (Å²) >= 11 is 0. The minimum absolute atomic E-state index is 0.0777. The van der Waals surface area contributed by atoms with Crippen molar-refractivity contribution in [3.63, 3.8) is 0 Å². The van der Waals surface area contributed by atoms with Gasteiger partial charge in [0.05, 0.1) is 0 Å². The van der Waals surface area contributed by atoms with Crippen LogP contribution in [0.4, 0.5) is 4.53 Å². The molecule has 0 saturated heterocycles. The topological polar surface area (TPSA) is 29.5 Å². The summed E-state index contributed by atoms with van der Waals surface area (Å²) in [5, 5.41) is 8.75. The molecule has 0 fully saturated rings. The summed E-state index contributed by atoms with van der Waals surface area (Å²) in [6.07, 6.45) is 4.05. The first-order valence-electron chi connectivity index (χ1n) is 2.71. The van der Waals surface area contributed by atoms with E-state index in [1.54, 1.807) is 6.08 Å². The number of aliphatic hydroxyl groups excluding tert-OH is 1. The third-order valence-electron chi connectivity index (χ3n) is 1.15. The molecule has 9 heavy (non-hydrogen) atoms. The molecule has 0 spiro atoms. The number of rotatable bonds is 1. The Labute approximate surface area is 52.2 Å². The summed E-state index contributed by atoms with van der Waals surface area (Å²) in [5.41, 5.74) is 0. The Morgan fingerprint density at radius 1 is 1.67 bits per heavy atom. The molecule has 1 aliphatic carbocycles. The lowest BCUT2D eigenvalue weighted by Crippen LogP contribution is -1.91. The predicted molar refractivity (Wildman–Crippen MR) is 30.2 cm³/mol. The van der Waals surface area contributed by atoms with Crippen molar-refractivity contribution in [3.8, 4) is 0 Å². The molecule has 0 atom stereocenters. The highest BCUT2D eigenvalue weighted by Gasteiger charge is 2.04. The fourth-order valence-electron chi connectivity index (χ4n) is 0.719. The summed E-state index contributed by atoms with van der Waals surface area (Å²) in [5.74, 6) is 0.268. The van der Waals surface area contributed by atoms with Gasteiger partial charge in [0.2, 0.25) is 0 Å². The standard InChI is InChI=1S/C6H7FO2/c7-9-6-3-1-2-5(8)4-6/h2,4,8H,1,3H2. The molecule has 0 bridgehead atoms. The van der Waals surface area contributed by atoms with Crippen molar-refractivity contribution in [2.75, 3.05) is 0 Å². The molecule has 0 aromatic heterocycles. The van der Waals surface area contributed by atoms with E-state index in [9.17, 15) is 4.53 Å². The van der Waals surface area contributed by atoms with Crippen molar-refractivity contribution in [2.24, 2.45) is 0 Å². The Morgan fingerprint density at radius 2 is 2.44 bits per heavy atom. The van der Waals surface area contributed by atoms with Crippen LogP contribution in [0.25, 0.3) is 0 Å². The zero-order valence-electron chi connectivity index (χ0n) is 4.80. The lowest BCUT2D eigenvalue weighted by Gasteiger charge is -2.03. The second-order valence-electron chi connectivity index (χ2n) is 1.86. The normalized spacial score (nSPS) is 18.3. The highest BCUT2D eigenvalue weighted by Crippen LogP contribution is 2.16. The predicted octanol–water partition coefficient (Wildman–Crippen LogP) is 2.01. The first-order valence-corrected chi connectivity index (χ1v) is 2.71. The monoisotopic (exact) mass is 130 g/mol. The number of allylic oxidation sites excluding steroid dienone is 3. The second kappa shape index (κ2) is 2.53. The van der Waals surface area contributed by atoms with Crippen molar-refractivity contribution in [1.29, 1.82) is 0 Å². The maximum absolute atomic E-state index is 11.3. The summed E-state index contributed by atoms with van der Waals surface area (Å²) in [6, 6.07) is 0. The van der Waals surface area contributed by atoms with Gasteiger partial charge in [-0.3, -0.25) is 4.94 Å². The minimum atomic E-state index is 0.0777. The molecule has 3 heteroatoms. The van der Waals surface area contributed by atoms with Gasteiger partial charge in [0.1, 0.15) is 5.76 Å². The molecule has 0 unspecified atom stereocenters. The lowest BCUT2D eigenvalue weighted by molar-refractivity contribution is -0.0874. The third kappa shape index (κ3) is 1.45. The van der Waals surface area contributed by atoms with Crippen LogP contribution in [0, 0.1) is 0 Å². The van der Waals surface area contributed by atoms with Crippen LogP contribution in [0.2, 0.25) is 0 Å². The van der Waals surface area contributed by atoms with Crippen LogP contribution in [0.5, 0.6) is 0 Å². The van der Waals surface area contributed by atoms with Gasteiger partial charge in [-0.25, -0.2) is 0 Å². The van der Waals surface area contributed by atoms with Gasteiger partial charge in [0.25, 0.3) is 0 Å². The fraction of sp³-hybridized carbons (Fsp3) is 0.333. The Balaban J connectivity index is 2.63. The van der Waals surface area contributed by atoms with Crippen molar-refractivity contribution < 1.29 is 14.6 Å². The molecule has 0 aromatic carbocycles. The molecule has 0 radical (unpaired) electrons.